The Morgan fingerprint density at radius 2 is 2.11 bits per heavy atom. The summed E-state index contributed by atoms with van der Waals surface area (Å²) in [5.74, 6) is 1.35. The summed E-state index contributed by atoms with van der Waals surface area (Å²) in [4.78, 5) is 13.1. The molecule has 1 aromatic carbocycles. The van der Waals surface area contributed by atoms with Gasteiger partial charge >= 0.3 is 12.2 Å². The fourth-order valence-electron chi connectivity index (χ4n) is 1.28. The van der Waals surface area contributed by atoms with Gasteiger partial charge in [-0.1, -0.05) is 13.0 Å². The third kappa shape index (κ3) is 5.02. The van der Waals surface area contributed by atoms with E-state index in [2.05, 4.69) is 5.32 Å². The molecule has 0 radical (unpaired) electrons. The second-order valence-corrected chi connectivity index (χ2v) is 5.07. The number of nitrogens with one attached hydrogen (secondary N) is 1. The highest BCUT2D eigenvalue weighted by atomic mass is 32.2. The Kier molecular flexibility index (Phi) is 5.53. The third-order valence-electron chi connectivity index (χ3n) is 2.28. The van der Waals surface area contributed by atoms with Crippen LogP contribution < -0.4 is 5.32 Å². The number of anilines is 1. The monoisotopic (exact) mass is 292 g/mol. The minimum Gasteiger partial charge on any atom is -0.318 e. The molecule has 1 N–H and O–H groups in total. The molecule has 0 aliphatic heterocycles. The van der Waals surface area contributed by atoms with Crippen LogP contribution in [0.1, 0.15) is 12.5 Å². The van der Waals surface area contributed by atoms with Crippen LogP contribution in [0.2, 0.25) is 0 Å². The third-order valence-corrected chi connectivity index (χ3v) is 3.26. The molecule has 0 aliphatic carbocycles. The van der Waals surface area contributed by atoms with Crippen LogP contribution in [0.3, 0.4) is 0 Å². The van der Waals surface area contributed by atoms with Gasteiger partial charge in [-0.15, -0.1) is 11.8 Å². The van der Waals surface area contributed by atoms with Crippen molar-refractivity contribution < 1.29 is 18.0 Å². The molecule has 0 atom stereocenters. The van der Waals surface area contributed by atoms with Crippen LogP contribution in [0.25, 0.3) is 0 Å². The fraction of sp³-hybridized carbons (Fsp3) is 0.417. The van der Waals surface area contributed by atoms with Crippen molar-refractivity contribution in [2.24, 2.45) is 0 Å². The Bertz CT molecular complexity index is 437. The number of hydrogen-bond acceptors (Lipinski definition) is 2. The smallest absolute Gasteiger partial charge is 0.318 e. The number of alkyl halides is 3. The van der Waals surface area contributed by atoms with Gasteiger partial charge in [-0.05, 0) is 24.0 Å². The predicted octanol–water partition coefficient (Wildman–Crippen LogP) is 3.88. The van der Waals surface area contributed by atoms with Crippen molar-refractivity contribution in [1.82, 2.24) is 4.90 Å². The minimum absolute atomic E-state index is 0.133. The molecule has 0 spiro atoms. The Labute approximate surface area is 114 Å². The zero-order chi connectivity index (χ0) is 14.5. The molecule has 106 valence electrons. The molecule has 0 saturated carbocycles. The first-order valence-corrected chi connectivity index (χ1v) is 6.77. The Balaban J connectivity index is 2.69. The van der Waals surface area contributed by atoms with Crippen molar-refractivity contribution in [3.05, 3.63) is 29.8 Å². The number of carbonyl (C=O) groups excluding carboxylic acids is 1. The molecule has 0 aromatic heterocycles. The van der Waals surface area contributed by atoms with Crippen molar-refractivity contribution in [2.75, 3.05) is 24.0 Å². The molecule has 0 heterocycles. The quantitative estimate of drug-likeness (QED) is 0.854. The maximum Gasteiger partial charge on any atom is 0.416 e. The van der Waals surface area contributed by atoms with Crippen molar-refractivity contribution in [3.63, 3.8) is 0 Å². The normalized spacial score (nSPS) is 11.2. The number of urea groups is 1. The lowest BCUT2D eigenvalue weighted by molar-refractivity contribution is -0.137. The van der Waals surface area contributed by atoms with Crippen molar-refractivity contribution in [1.29, 1.82) is 0 Å². The molecule has 0 aliphatic rings. The van der Waals surface area contributed by atoms with E-state index in [-0.39, 0.29) is 5.69 Å². The van der Waals surface area contributed by atoms with Crippen LogP contribution >= 0.6 is 11.8 Å². The van der Waals surface area contributed by atoms with Crippen LogP contribution in [0.4, 0.5) is 23.7 Å². The summed E-state index contributed by atoms with van der Waals surface area (Å²) in [6.45, 7) is 1.96. The molecule has 0 bridgehead atoms. The maximum absolute atomic E-state index is 12.5. The largest absolute Gasteiger partial charge is 0.416 e. The van der Waals surface area contributed by atoms with E-state index in [1.165, 1.54) is 17.0 Å². The fourth-order valence-corrected chi connectivity index (χ4v) is 1.85. The van der Waals surface area contributed by atoms with Gasteiger partial charge in [0.2, 0.25) is 0 Å². The van der Waals surface area contributed by atoms with Gasteiger partial charge in [-0.25, -0.2) is 4.79 Å². The first kappa shape index (κ1) is 15.7. The zero-order valence-electron chi connectivity index (χ0n) is 10.6. The van der Waals surface area contributed by atoms with Crippen LogP contribution in [0.5, 0.6) is 0 Å². The second-order valence-electron chi connectivity index (χ2n) is 3.83. The van der Waals surface area contributed by atoms with Crippen LogP contribution in [-0.2, 0) is 6.18 Å². The van der Waals surface area contributed by atoms with Gasteiger partial charge in [-0.2, -0.15) is 13.2 Å². The maximum atomic E-state index is 12.5. The Hall–Kier alpha value is -1.37. The number of hydrogen-bond donors (Lipinski definition) is 1. The van der Waals surface area contributed by atoms with E-state index >= 15 is 0 Å². The van der Waals surface area contributed by atoms with E-state index < -0.39 is 17.8 Å². The summed E-state index contributed by atoms with van der Waals surface area (Å²) < 4.78 is 37.5. The molecule has 2 amide bonds. The Morgan fingerprint density at radius 1 is 1.42 bits per heavy atom. The number of benzene rings is 1. The van der Waals surface area contributed by atoms with Gasteiger partial charge in [0, 0.05) is 12.7 Å². The van der Waals surface area contributed by atoms with Crippen LogP contribution in [-0.4, -0.2) is 29.6 Å². The van der Waals surface area contributed by atoms with Gasteiger partial charge in [0.1, 0.15) is 0 Å². The van der Waals surface area contributed by atoms with Gasteiger partial charge in [0.15, 0.2) is 0 Å². The second kappa shape index (κ2) is 6.70. The highest BCUT2D eigenvalue weighted by molar-refractivity contribution is 7.99. The summed E-state index contributed by atoms with van der Waals surface area (Å²) in [6, 6.07) is 4.14. The van der Waals surface area contributed by atoms with Gasteiger partial charge in [-0.3, -0.25) is 0 Å². The first-order valence-electron chi connectivity index (χ1n) is 5.61. The number of thioether (sulfide) groups is 1. The van der Waals surface area contributed by atoms with Crippen LogP contribution in [0.15, 0.2) is 24.3 Å². The lowest BCUT2D eigenvalue weighted by Crippen LogP contribution is -2.31. The minimum atomic E-state index is -4.41. The average Bonchev–Trinajstić information content (AvgIpc) is 2.35. The molecule has 1 rings (SSSR count). The summed E-state index contributed by atoms with van der Waals surface area (Å²) in [6.07, 6.45) is -4.41. The van der Waals surface area contributed by atoms with Crippen molar-refractivity contribution in [2.45, 2.75) is 13.1 Å². The number of amides is 2. The SMILES string of the molecule is CCSCN(C)C(=O)Nc1cccc(C(F)(F)F)c1. The van der Waals surface area contributed by atoms with Gasteiger partial charge in [0.25, 0.3) is 0 Å². The van der Waals surface area contributed by atoms with Crippen molar-refractivity contribution >= 4 is 23.5 Å². The highest BCUT2D eigenvalue weighted by Gasteiger charge is 2.30. The summed E-state index contributed by atoms with van der Waals surface area (Å²) >= 11 is 1.55. The average molecular weight is 292 g/mol. The molecular formula is C12H15F3N2OS. The molecule has 19 heavy (non-hydrogen) atoms. The van der Waals surface area contributed by atoms with Crippen molar-refractivity contribution in [3.8, 4) is 0 Å². The summed E-state index contributed by atoms with van der Waals surface area (Å²) in [5.41, 5.74) is -0.649. The van der Waals surface area contributed by atoms with E-state index in [9.17, 15) is 18.0 Å². The number of halogens is 3. The molecule has 7 heteroatoms. The van der Waals surface area contributed by atoms with Gasteiger partial charge < -0.3 is 10.2 Å². The lowest BCUT2D eigenvalue weighted by Gasteiger charge is -2.17. The standard InChI is InChI=1S/C12H15F3N2OS/c1-3-19-8-17(2)11(18)16-10-6-4-5-9(7-10)12(13,14)15/h4-7H,3,8H2,1-2H3,(H,16,18). The van der Waals surface area contributed by atoms with Gasteiger partial charge in [0.05, 0.1) is 11.4 Å². The number of rotatable bonds is 4. The summed E-state index contributed by atoms with van der Waals surface area (Å²) in [7, 11) is 1.59. The highest BCUT2D eigenvalue weighted by Crippen LogP contribution is 2.30. The van der Waals surface area contributed by atoms with E-state index in [0.717, 1.165) is 17.9 Å². The molecule has 0 saturated heterocycles. The Morgan fingerprint density at radius 3 is 2.68 bits per heavy atom. The predicted molar refractivity (Wildman–Crippen MR) is 71.2 cm³/mol. The molecular weight excluding hydrogens is 277 g/mol. The zero-order valence-corrected chi connectivity index (χ0v) is 11.4. The number of nitrogens with zero attached hydrogens (tertiary/aromatic N) is 1. The number of carbonyl (C=O) groups is 1. The first-order chi connectivity index (χ1) is 8.84. The van der Waals surface area contributed by atoms with E-state index in [1.54, 1.807) is 18.8 Å². The summed E-state index contributed by atoms with van der Waals surface area (Å²) in [5, 5.41) is 2.44. The van der Waals surface area contributed by atoms with E-state index in [4.69, 9.17) is 0 Å². The molecule has 1 aromatic rings. The van der Waals surface area contributed by atoms with Crippen LogP contribution in [0, 0.1) is 0 Å². The molecule has 3 nitrogen and oxygen atoms in total. The van der Waals surface area contributed by atoms with E-state index in [1.807, 2.05) is 6.92 Å². The topological polar surface area (TPSA) is 32.3 Å². The molecule has 0 unspecified atom stereocenters. The lowest BCUT2D eigenvalue weighted by atomic mass is 10.2. The molecule has 0 fully saturated rings. The van der Waals surface area contributed by atoms with E-state index in [0.29, 0.717) is 5.88 Å².